The smallest absolute Gasteiger partial charge is 0.245 e. The van der Waals surface area contributed by atoms with Gasteiger partial charge in [-0.05, 0) is 13.3 Å². The highest BCUT2D eigenvalue weighted by Crippen LogP contribution is 1.97. The van der Waals surface area contributed by atoms with Gasteiger partial charge in [0, 0.05) is 0 Å². The summed E-state index contributed by atoms with van der Waals surface area (Å²) < 4.78 is 22.8. The van der Waals surface area contributed by atoms with Crippen LogP contribution in [0.15, 0.2) is 5.10 Å². The van der Waals surface area contributed by atoms with E-state index in [4.69, 9.17) is 0 Å². The van der Waals surface area contributed by atoms with Gasteiger partial charge in [0.25, 0.3) is 0 Å². The third-order valence-electron chi connectivity index (χ3n) is 1.70. The molecule has 8 heteroatoms. The van der Waals surface area contributed by atoms with Crippen molar-refractivity contribution in [3.8, 4) is 0 Å². The predicted octanol–water partition coefficient (Wildman–Crippen LogP) is -0.368. The summed E-state index contributed by atoms with van der Waals surface area (Å²) >= 11 is 0. The summed E-state index contributed by atoms with van der Waals surface area (Å²) in [6.07, 6.45) is 0.498. The van der Waals surface area contributed by atoms with E-state index < -0.39 is 16.1 Å². The molecule has 1 aliphatic rings. The van der Waals surface area contributed by atoms with Crippen LogP contribution in [0.5, 0.6) is 0 Å². The van der Waals surface area contributed by atoms with E-state index in [1.165, 1.54) is 0 Å². The molecule has 86 valence electrons. The number of nitrogens with zero attached hydrogens (tertiary/aromatic N) is 2. The molecule has 0 saturated carbocycles. The number of hydrogen-bond donors (Lipinski definition) is 2. The Morgan fingerprint density at radius 1 is 1.60 bits per heavy atom. The zero-order valence-corrected chi connectivity index (χ0v) is 9.47. The molecule has 1 heterocycles. The first kappa shape index (κ1) is 11.9. The van der Waals surface area contributed by atoms with Crippen LogP contribution in [0.4, 0.5) is 4.79 Å². The van der Waals surface area contributed by atoms with E-state index in [1.807, 2.05) is 0 Å². The molecule has 2 N–H and O–H groups in total. The number of urea groups is 1. The minimum Gasteiger partial charge on any atom is -0.245 e. The van der Waals surface area contributed by atoms with Crippen LogP contribution in [0.25, 0.3) is 0 Å². The highest BCUT2D eigenvalue weighted by atomic mass is 32.2. The highest BCUT2D eigenvalue weighted by molar-refractivity contribution is 7.89. The van der Waals surface area contributed by atoms with E-state index in [1.54, 1.807) is 13.8 Å². The average molecular weight is 234 g/mol. The van der Waals surface area contributed by atoms with E-state index in [0.29, 0.717) is 12.1 Å². The van der Waals surface area contributed by atoms with Crippen molar-refractivity contribution in [2.75, 3.05) is 12.3 Å². The maximum atomic E-state index is 11.4. The fourth-order valence-electron chi connectivity index (χ4n) is 1.10. The van der Waals surface area contributed by atoms with Crippen molar-refractivity contribution in [2.24, 2.45) is 5.10 Å². The van der Waals surface area contributed by atoms with Crippen LogP contribution in [0.3, 0.4) is 0 Å². The van der Waals surface area contributed by atoms with Gasteiger partial charge in [-0.25, -0.2) is 23.6 Å². The van der Waals surface area contributed by atoms with E-state index in [2.05, 4.69) is 15.4 Å². The van der Waals surface area contributed by atoms with E-state index in [9.17, 15) is 13.2 Å². The van der Waals surface area contributed by atoms with Gasteiger partial charge in [0.2, 0.25) is 10.0 Å². The second-order valence-electron chi connectivity index (χ2n) is 3.26. The Morgan fingerprint density at radius 2 is 2.27 bits per heavy atom. The average Bonchev–Trinajstić information content (AvgIpc) is 2.10. The Kier molecular flexibility index (Phi) is 3.64. The number of hydrazine groups is 1. The molecule has 0 aliphatic carbocycles. The van der Waals surface area contributed by atoms with Crippen LogP contribution in [0.2, 0.25) is 0 Å². The quantitative estimate of drug-likeness (QED) is 0.695. The second kappa shape index (κ2) is 4.58. The summed E-state index contributed by atoms with van der Waals surface area (Å²) in [4.78, 5) is 13.4. The maximum absolute atomic E-state index is 11.4. The number of carbonyl (C=O) groups excluding carboxylic acids is 1. The molecule has 0 bridgehead atoms. The summed E-state index contributed by atoms with van der Waals surface area (Å²) in [7, 11) is -3.43. The molecular weight excluding hydrogens is 220 g/mol. The lowest BCUT2D eigenvalue weighted by atomic mass is 10.4. The predicted molar refractivity (Wildman–Crippen MR) is 55.6 cm³/mol. The zero-order chi connectivity index (χ0) is 11.5. The van der Waals surface area contributed by atoms with Gasteiger partial charge in [0.05, 0.1) is 18.0 Å². The van der Waals surface area contributed by atoms with Crippen molar-refractivity contribution in [1.29, 1.82) is 0 Å². The zero-order valence-electron chi connectivity index (χ0n) is 8.65. The first-order valence-electron chi connectivity index (χ1n) is 4.55. The number of carbonyl (C=O) groups is 1. The van der Waals surface area contributed by atoms with Gasteiger partial charge in [-0.3, -0.25) is 0 Å². The lowest BCUT2D eigenvalue weighted by Gasteiger charge is -2.25. The number of hydrazone groups is 1. The summed E-state index contributed by atoms with van der Waals surface area (Å²) in [5, 5.41) is 4.67. The minimum atomic E-state index is -3.43. The van der Waals surface area contributed by atoms with Crippen LogP contribution in [-0.2, 0) is 10.0 Å². The fourth-order valence-corrected chi connectivity index (χ4v) is 2.21. The standard InChI is InChI=1S/C7H14N4O3S/c1-3-4-15(13,14)10-11-5-6(2)8-9-7(11)12/h10H,3-5H2,1-2H3,(H,9,12). The molecule has 1 rings (SSSR count). The first-order valence-corrected chi connectivity index (χ1v) is 6.20. The monoisotopic (exact) mass is 234 g/mol. The van der Waals surface area contributed by atoms with Gasteiger partial charge in [-0.15, -0.1) is 4.83 Å². The summed E-state index contributed by atoms with van der Waals surface area (Å²) in [5.41, 5.74) is 2.83. The second-order valence-corrected chi connectivity index (χ2v) is 5.08. The lowest BCUT2D eigenvalue weighted by Crippen LogP contribution is -2.54. The highest BCUT2D eigenvalue weighted by Gasteiger charge is 2.23. The molecule has 0 spiro atoms. The normalized spacial score (nSPS) is 17.3. The third-order valence-corrected chi connectivity index (χ3v) is 3.14. The van der Waals surface area contributed by atoms with Crippen LogP contribution >= 0.6 is 0 Å². The van der Waals surface area contributed by atoms with Gasteiger partial charge in [-0.1, -0.05) is 6.92 Å². The number of nitrogens with one attached hydrogen (secondary N) is 2. The largest absolute Gasteiger partial charge is 0.353 e. The van der Waals surface area contributed by atoms with Crippen LogP contribution in [0.1, 0.15) is 20.3 Å². The van der Waals surface area contributed by atoms with E-state index >= 15 is 0 Å². The topological polar surface area (TPSA) is 90.9 Å². The number of sulfonamides is 1. The van der Waals surface area contributed by atoms with Crippen molar-refractivity contribution in [3.05, 3.63) is 0 Å². The fraction of sp³-hybridized carbons (Fsp3) is 0.714. The number of hydrogen-bond acceptors (Lipinski definition) is 4. The Bertz CT molecular complexity index is 376. The van der Waals surface area contributed by atoms with Crippen LogP contribution in [-0.4, -0.2) is 37.5 Å². The molecule has 0 atom stereocenters. The molecular formula is C7H14N4O3S. The molecule has 0 aromatic heterocycles. The van der Waals surface area contributed by atoms with Crippen molar-refractivity contribution in [3.63, 3.8) is 0 Å². The molecule has 1 aliphatic heterocycles. The molecule has 7 nitrogen and oxygen atoms in total. The Morgan fingerprint density at radius 3 is 2.87 bits per heavy atom. The number of rotatable bonds is 4. The SMILES string of the molecule is CCCS(=O)(=O)NN1CC(C)=NNC1=O. The van der Waals surface area contributed by atoms with Crippen LogP contribution in [0, 0.1) is 0 Å². The molecule has 0 aromatic rings. The molecule has 0 radical (unpaired) electrons. The van der Waals surface area contributed by atoms with Gasteiger partial charge in [-0.2, -0.15) is 5.10 Å². The molecule has 0 aromatic carbocycles. The van der Waals surface area contributed by atoms with Crippen molar-refractivity contribution in [1.82, 2.24) is 15.3 Å². The lowest BCUT2D eigenvalue weighted by molar-refractivity contribution is 0.193. The molecule has 0 saturated heterocycles. The minimum absolute atomic E-state index is 0.00697. The first-order chi connectivity index (χ1) is 6.94. The van der Waals surface area contributed by atoms with Gasteiger partial charge in [0.15, 0.2) is 0 Å². The number of amides is 2. The molecule has 2 amide bonds. The van der Waals surface area contributed by atoms with Gasteiger partial charge < -0.3 is 0 Å². The molecule has 15 heavy (non-hydrogen) atoms. The van der Waals surface area contributed by atoms with Crippen molar-refractivity contribution < 1.29 is 13.2 Å². The summed E-state index contributed by atoms with van der Waals surface area (Å²) in [5.74, 6) is -0.00697. The van der Waals surface area contributed by atoms with E-state index in [-0.39, 0.29) is 12.3 Å². The van der Waals surface area contributed by atoms with Crippen molar-refractivity contribution >= 4 is 21.8 Å². The van der Waals surface area contributed by atoms with Gasteiger partial charge in [0.1, 0.15) is 0 Å². The van der Waals surface area contributed by atoms with Crippen molar-refractivity contribution in [2.45, 2.75) is 20.3 Å². The van der Waals surface area contributed by atoms with E-state index in [0.717, 1.165) is 5.01 Å². The Balaban J connectivity index is 2.66. The summed E-state index contributed by atoms with van der Waals surface area (Å²) in [6, 6.07) is -0.569. The third kappa shape index (κ3) is 3.48. The Hall–Kier alpha value is -1.15. The van der Waals surface area contributed by atoms with Gasteiger partial charge >= 0.3 is 6.03 Å². The summed E-state index contributed by atoms with van der Waals surface area (Å²) in [6.45, 7) is 3.61. The Labute approximate surface area is 88.5 Å². The molecule has 0 fully saturated rings. The van der Waals surface area contributed by atoms with Crippen LogP contribution < -0.4 is 10.3 Å². The maximum Gasteiger partial charge on any atom is 0.353 e. The molecule has 0 unspecified atom stereocenters.